The van der Waals surface area contributed by atoms with E-state index in [1.807, 2.05) is 6.07 Å². The van der Waals surface area contributed by atoms with Gasteiger partial charge in [-0.2, -0.15) is 8.75 Å². The lowest BCUT2D eigenvalue weighted by Crippen LogP contribution is -2.29. The Morgan fingerprint density at radius 1 is 0.830 bits per heavy atom. The summed E-state index contributed by atoms with van der Waals surface area (Å²) in [6.07, 6.45) is 0.956. The van der Waals surface area contributed by atoms with Crippen molar-refractivity contribution in [2.24, 2.45) is 0 Å². The minimum absolute atomic E-state index is 0.225. The highest BCUT2D eigenvalue weighted by Crippen LogP contribution is 2.44. The number of cyclic esters (lactones) is 1. The van der Waals surface area contributed by atoms with Crippen LogP contribution < -0.4 is 0 Å². The van der Waals surface area contributed by atoms with Crippen molar-refractivity contribution in [1.29, 1.82) is 0 Å². The zero-order chi connectivity index (χ0) is 33.4. The van der Waals surface area contributed by atoms with Crippen LogP contribution >= 0.6 is 11.7 Å². The van der Waals surface area contributed by atoms with Gasteiger partial charge < -0.3 is 19.3 Å². The first-order chi connectivity index (χ1) is 22.8. The maximum atomic E-state index is 13.1. The average Bonchev–Trinajstić information content (AvgIpc) is 3.67. The Balaban J connectivity index is 0.000000281. The summed E-state index contributed by atoms with van der Waals surface area (Å²) in [6, 6.07) is 27.3. The van der Waals surface area contributed by atoms with E-state index in [0.717, 1.165) is 29.1 Å². The highest BCUT2D eigenvalue weighted by Gasteiger charge is 2.48. The normalized spacial score (nSPS) is 15.4. The van der Waals surface area contributed by atoms with E-state index in [9.17, 15) is 24.3 Å². The Hall–Kier alpha value is -5.52. The van der Waals surface area contributed by atoms with Gasteiger partial charge in [-0.3, -0.25) is 4.79 Å². The molecule has 1 atom stereocenters. The van der Waals surface area contributed by atoms with Gasteiger partial charge >= 0.3 is 17.9 Å². The average molecular weight is 651 g/mol. The summed E-state index contributed by atoms with van der Waals surface area (Å²) in [5.74, 6) is -3.31. The molecular formula is C36H30N2O8S. The first kappa shape index (κ1) is 32.9. The van der Waals surface area contributed by atoms with Gasteiger partial charge in [0.2, 0.25) is 0 Å². The summed E-state index contributed by atoms with van der Waals surface area (Å²) in [7, 11) is 0. The molecule has 1 unspecified atom stereocenters. The van der Waals surface area contributed by atoms with Gasteiger partial charge in [-0.25, -0.2) is 14.4 Å². The minimum Gasteiger partial charge on any atom is -0.462 e. The fourth-order valence-corrected chi connectivity index (χ4v) is 5.48. The number of hydrogen-bond acceptors (Lipinski definition) is 11. The van der Waals surface area contributed by atoms with E-state index in [2.05, 4.69) is 8.75 Å². The Morgan fingerprint density at radius 3 is 2.02 bits per heavy atom. The lowest BCUT2D eigenvalue weighted by molar-refractivity contribution is -0.185. The van der Waals surface area contributed by atoms with Gasteiger partial charge in [-0.05, 0) is 61.4 Å². The van der Waals surface area contributed by atoms with Crippen LogP contribution in [0.3, 0.4) is 0 Å². The summed E-state index contributed by atoms with van der Waals surface area (Å²) in [4.78, 5) is 46.6. The summed E-state index contributed by atoms with van der Waals surface area (Å²) < 4.78 is 23.9. The quantitative estimate of drug-likeness (QED) is 0.116. The molecule has 1 N–H and O–H groups in total. The molecule has 10 nitrogen and oxygen atoms in total. The zero-order valence-corrected chi connectivity index (χ0v) is 26.4. The predicted octanol–water partition coefficient (Wildman–Crippen LogP) is 5.94. The van der Waals surface area contributed by atoms with Crippen molar-refractivity contribution in [2.45, 2.75) is 26.1 Å². The van der Waals surface area contributed by atoms with Crippen LogP contribution in [0.25, 0.3) is 16.6 Å². The van der Waals surface area contributed by atoms with Gasteiger partial charge in [0.05, 0.1) is 41.6 Å². The number of ether oxygens (including phenoxy) is 3. The first-order valence-electron chi connectivity index (χ1n) is 14.7. The van der Waals surface area contributed by atoms with E-state index < -0.39 is 17.7 Å². The number of hydrogen-bond donors (Lipinski definition) is 1. The number of carbonyl (C=O) groups is 4. The number of rotatable bonds is 9. The van der Waals surface area contributed by atoms with Crippen molar-refractivity contribution in [3.63, 3.8) is 0 Å². The largest absolute Gasteiger partial charge is 0.462 e. The topological polar surface area (TPSA) is 142 Å². The van der Waals surface area contributed by atoms with Gasteiger partial charge in [-0.15, -0.1) is 0 Å². The molecule has 0 spiro atoms. The summed E-state index contributed by atoms with van der Waals surface area (Å²) in [5, 5.41) is 11.7. The second-order valence-electron chi connectivity index (χ2n) is 10.3. The summed E-state index contributed by atoms with van der Waals surface area (Å²) >= 11 is 1.09. The van der Waals surface area contributed by atoms with Crippen LogP contribution in [0.1, 0.15) is 61.6 Å². The van der Waals surface area contributed by atoms with Crippen molar-refractivity contribution in [2.75, 3.05) is 13.2 Å². The molecule has 47 heavy (non-hydrogen) atoms. The van der Waals surface area contributed by atoms with Gasteiger partial charge in [-0.1, -0.05) is 60.7 Å². The fourth-order valence-electron chi connectivity index (χ4n) is 4.96. The molecule has 1 aliphatic rings. The maximum Gasteiger partial charge on any atom is 0.342 e. The van der Waals surface area contributed by atoms with Crippen LogP contribution in [0.5, 0.6) is 0 Å². The summed E-state index contributed by atoms with van der Waals surface area (Å²) in [5.41, 5.74) is 5.38. The third-order valence-corrected chi connectivity index (χ3v) is 7.82. The van der Waals surface area contributed by atoms with Crippen molar-refractivity contribution in [3.05, 3.63) is 136 Å². The summed E-state index contributed by atoms with van der Waals surface area (Å²) in [6.45, 7) is 4.14. The minimum atomic E-state index is -1.93. The van der Waals surface area contributed by atoms with E-state index >= 15 is 0 Å². The molecule has 238 valence electrons. The van der Waals surface area contributed by atoms with Gasteiger partial charge in [0.1, 0.15) is 17.3 Å². The molecule has 0 radical (unpaired) electrons. The van der Waals surface area contributed by atoms with Crippen LogP contribution in [0, 0.1) is 0 Å². The molecular weight excluding hydrogens is 620 g/mol. The van der Waals surface area contributed by atoms with E-state index in [1.54, 1.807) is 105 Å². The number of nitrogens with zero attached hydrogens (tertiary/aromatic N) is 2. The van der Waals surface area contributed by atoms with Gasteiger partial charge in [0.25, 0.3) is 5.79 Å². The molecule has 0 fully saturated rings. The van der Waals surface area contributed by atoms with E-state index in [-0.39, 0.29) is 18.0 Å². The standard InChI is InChI=1S/C26H20N2O5S.C10H10O3/c1-2-32-24(29)17-10-8-16(9-11-17)14-20-23(18-12-13-21-22(15-18)28-34-27-21)25(30)33-26(20,31)19-6-4-3-5-7-19;1-2-13-10(12)9-5-3-8(7-11)4-6-9/h3-13,15,31H,2,14H2,1H3;3-7H,2H2,1H3. The third kappa shape index (κ3) is 7.32. The predicted molar refractivity (Wildman–Crippen MR) is 175 cm³/mol. The van der Waals surface area contributed by atoms with Gasteiger partial charge in [0.15, 0.2) is 0 Å². The second kappa shape index (κ2) is 14.7. The molecule has 4 aromatic carbocycles. The Morgan fingerprint density at radius 2 is 1.43 bits per heavy atom. The molecule has 2 heterocycles. The molecule has 6 rings (SSSR count). The Bertz CT molecular complexity index is 1940. The van der Waals surface area contributed by atoms with Crippen molar-refractivity contribution in [3.8, 4) is 0 Å². The molecule has 0 aliphatic carbocycles. The number of esters is 3. The number of aliphatic hydroxyl groups is 1. The van der Waals surface area contributed by atoms with Crippen molar-refractivity contribution >= 4 is 52.5 Å². The van der Waals surface area contributed by atoms with E-state index in [4.69, 9.17) is 14.2 Å². The molecule has 5 aromatic rings. The smallest absolute Gasteiger partial charge is 0.342 e. The molecule has 1 aromatic heterocycles. The Kier molecular flexibility index (Phi) is 10.3. The number of aromatic nitrogens is 2. The van der Waals surface area contributed by atoms with Crippen LogP contribution in [-0.4, -0.2) is 51.3 Å². The molecule has 0 amide bonds. The first-order valence-corrected chi connectivity index (χ1v) is 15.5. The second-order valence-corrected chi connectivity index (χ2v) is 10.8. The highest BCUT2D eigenvalue weighted by molar-refractivity contribution is 7.00. The van der Waals surface area contributed by atoms with Crippen LogP contribution in [0.15, 0.2) is 103 Å². The molecule has 0 saturated carbocycles. The molecule has 11 heteroatoms. The Labute approximate surface area is 274 Å². The van der Waals surface area contributed by atoms with E-state index in [1.165, 1.54) is 0 Å². The monoisotopic (exact) mass is 650 g/mol. The number of aldehydes is 1. The van der Waals surface area contributed by atoms with E-state index in [0.29, 0.717) is 52.1 Å². The number of fused-ring (bicyclic) bond motifs is 1. The lowest BCUT2D eigenvalue weighted by Gasteiger charge is -2.25. The maximum absolute atomic E-state index is 13.1. The SMILES string of the molecule is CCOC(=O)c1ccc(C=O)cc1.CCOC(=O)c1ccc(CC2=C(c3ccc4nsnc4c3)C(=O)OC2(O)c2ccccc2)cc1. The highest BCUT2D eigenvalue weighted by atomic mass is 32.1. The third-order valence-electron chi connectivity index (χ3n) is 7.27. The molecule has 0 saturated heterocycles. The van der Waals surface area contributed by atoms with Gasteiger partial charge in [0, 0.05) is 23.1 Å². The zero-order valence-electron chi connectivity index (χ0n) is 25.5. The van der Waals surface area contributed by atoms with Crippen LogP contribution in [0.4, 0.5) is 0 Å². The molecule has 0 bridgehead atoms. The molecule has 1 aliphatic heterocycles. The number of benzene rings is 4. The van der Waals surface area contributed by atoms with Crippen LogP contribution in [-0.2, 0) is 31.2 Å². The fraction of sp³-hybridized carbons (Fsp3) is 0.167. The van der Waals surface area contributed by atoms with Crippen LogP contribution in [0.2, 0.25) is 0 Å². The lowest BCUT2D eigenvalue weighted by atomic mass is 9.88. The van der Waals surface area contributed by atoms with Crippen molar-refractivity contribution in [1.82, 2.24) is 8.75 Å². The van der Waals surface area contributed by atoms with Crippen molar-refractivity contribution < 1.29 is 38.5 Å². The number of carbonyl (C=O) groups excluding carboxylic acids is 4.